The van der Waals surface area contributed by atoms with Crippen LogP contribution in [-0.2, 0) is 10.1 Å². The molecule has 0 aliphatic rings. The molecule has 2 N–H and O–H groups in total. The molecule has 0 radical (unpaired) electrons. The monoisotopic (exact) mass is 362 g/mol. The molecule has 0 aromatic heterocycles. The molecule has 0 atom stereocenters. The standard InChI is InChI=1S/C16H11ClN2O4S/c17-11-5-7-12(8-6-11)18-19-15-14(24(21,22)23)9-10-3-1-2-4-13(10)16(15)20/h1-9,20H,(H,21,22,23). The summed E-state index contributed by atoms with van der Waals surface area (Å²) < 4.78 is 32.7. The molecule has 122 valence electrons. The van der Waals surface area contributed by atoms with Crippen LogP contribution < -0.4 is 0 Å². The Kier molecular flexibility index (Phi) is 4.23. The van der Waals surface area contributed by atoms with Crippen molar-refractivity contribution in [1.82, 2.24) is 0 Å². The summed E-state index contributed by atoms with van der Waals surface area (Å²) in [6.07, 6.45) is 0. The highest BCUT2D eigenvalue weighted by molar-refractivity contribution is 7.86. The van der Waals surface area contributed by atoms with Crippen LogP contribution in [0, 0.1) is 0 Å². The van der Waals surface area contributed by atoms with Gasteiger partial charge >= 0.3 is 0 Å². The van der Waals surface area contributed by atoms with Gasteiger partial charge in [-0.25, -0.2) is 0 Å². The molecule has 0 aliphatic heterocycles. The summed E-state index contributed by atoms with van der Waals surface area (Å²) in [7, 11) is -4.59. The number of aromatic hydroxyl groups is 1. The second kappa shape index (κ2) is 6.20. The van der Waals surface area contributed by atoms with Crippen molar-refractivity contribution in [2.24, 2.45) is 10.2 Å². The van der Waals surface area contributed by atoms with Crippen LogP contribution in [0.2, 0.25) is 5.02 Å². The number of halogens is 1. The van der Waals surface area contributed by atoms with E-state index in [-0.39, 0.29) is 11.4 Å². The van der Waals surface area contributed by atoms with Crippen molar-refractivity contribution in [3.8, 4) is 5.75 Å². The molecule has 6 nitrogen and oxygen atoms in total. The lowest BCUT2D eigenvalue weighted by Crippen LogP contribution is -1.99. The number of fused-ring (bicyclic) bond motifs is 1. The molecule has 0 unspecified atom stereocenters. The van der Waals surface area contributed by atoms with Gasteiger partial charge in [0.05, 0.1) is 5.69 Å². The molecule has 3 aromatic rings. The molecule has 0 saturated heterocycles. The van der Waals surface area contributed by atoms with Crippen LogP contribution in [0.5, 0.6) is 5.75 Å². The highest BCUT2D eigenvalue weighted by atomic mass is 35.5. The van der Waals surface area contributed by atoms with Crippen molar-refractivity contribution >= 4 is 43.9 Å². The molecule has 0 bridgehead atoms. The quantitative estimate of drug-likeness (QED) is 0.513. The smallest absolute Gasteiger partial charge is 0.296 e. The van der Waals surface area contributed by atoms with Gasteiger partial charge < -0.3 is 5.11 Å². The third-order valence-corrected chi connectivity index (χ3v) is 4.45. The summed E-state index contributed by atoms with van der Waals surface area (Å²) in [5, 5.41) is 19.4. The zero-order chi connectivity index (χ0) is 17.3. The number of hydrogen-bond donors (Lipinski definition) is 2. The van der Waals surface area contributed by atoms with E-state index in [0.717, 1.165) is 0 Å². The van der Waals surface area contributed by atoms with E-state index >= 15 is 0 Å². The lowest BCUT2D eigenvalue weighted by atomic mass is 10.1. The predicted octanol–water partition coefficient (Wildman–Crippen LogP) is 4.86. The van der Waals surface area contributed by atoms with Crippen molar-refractivity contribution in [3.63, 3.8) is 0 Å². The Morgan fingerprint density at radius 2 is 1.62 bits per heavy atom. The van der Waals surface area contributed by atoms with E-state index < -0.39 is 15.0 Å². The number of phenolic OH excluding ortho intramolecular Hbond substituents is 1. The highest BCUT2D eigenvalue weighted by Gasteiger charge is 2.21. The van der Waals surface area contributed by atoms with Gasteiger partial charge in [0.25, 0.3) is 10.1 Å². The van der Waals surface area contributed by atoms with E-state index in [2.05, 4.69) is 10.2 Å². The van der Waals surface area contributed by atoms with Crippen LogP contribution in [0.1, 0.15) is 0 Å². The second-order valence-corrected chi connectivity index (χ2v) is 6.77. The highest BCUT2D eigenvalue weighted by Crippen LogP contribution is 2.41. The third-order valence-electron chi connectivity index (χ3n) is 3.33. The third kappa shape index (κ3) is 3.23. The SMILES string of the molecule is O=S(=O)(O)c1cc2ccccc2c(O)c1N=Nc1ccc(Cl)cc1. The maximum atomic E-state index is 11.6. The number of benzene rings is 3. The minimum atomic E-state index is -4.59. The van der Waals surface area contributed by atoms with E-state index in [1.165, 1.54) is 6.07 Å². The molecular weight excluding hydrogens is 352 g/mol. The average molecular weight is 363 g/mol. The molecule has 3 aromatic carbocycles. The second-order valence-electron chi connectivity index (χ2n) is 4.94. The van der Waals surface area contributed by atoms with E-state index in [1.54, 1.807) is 48.5 Å². The fourth-order valence-electron chi connectivity index (χ4n) is 2.20. The lowest BCUT2D eigenvalue weighted by molar-refractivity contribution is 0.472. The summed E-state index contributed by atoms with van der Waals surface area (Å²) in [6.45, 7) is 0. The first kappa shape index (κ1) is 16.4. The first-order valence-corrected chi connectivity index (χ1v) is 8.57. The van der Waals surface area contributed by atoms with Crippen molar-refractivity contribution in [3.05, 3.63) is 59.6 Å². The van der Waals surface area contributed by atoms with Crippen molar-refractivity contribution in [2.75, 3.05) is 0 Å². The molecule has 0 saturated carbocycles. The Morgan fingerprint density at radius 3 is 2.29 bits per heavy atom. The summed E-state index contributed by atoms with van der Waals surface area (Å²) in [4.78, 5) is -0.517. The van der Waals surface area contributed by atoms with E-state index in [0.29, 0.717) is 21.5 Å². The fraction of sp³-hybridized carbons (Fsp3) is 0. The normalized spacial score (nSPS) is 12.1. The predicted molar refractivity (Wildman–Crippen MR) is 91.1 cm³/mol. The summed E-state index contributed by atoms with van der Waals surface area (Å²) in [6, 6.07) is 14.2. The topological polar surface area (TPSA) is 99.3 Å². The number of hydrogen-bond acceptors (Lipinski definition) is 5. The Labute approximate surface area is 142 Å². The Morgan fingerprint density at radius 1 is 0.958 bits per heavy atom. The van der Waals surface area contributed by atoms with Crippen LogP contribution in [0.3, 0.4) is 0 Å². The number of azo groups is 1. The van der Waals surface area contributed by atoms with Crippen molar-refractivity contribution in [2.45, 2.75) is 4.90 Å². The Hall–Kier alpha value is -2.48. The molecule has 0 aliphatic carbocycles. The van der Waals surface area contributed by atoms with Crippen LogP contribution in [0.4, 0.5) is 11.4 Å². The number of phenols is 1. The van der Waals surface area contributed by atoms with Crippen LogP contribution in [0.15, 0.2) is 69.7 Å². The molecule has 0 amide bonds. The maximum Gasteiger partial charge on any atom is 0.296 e. The van der Waals surface area contributed by atoms with Crippen LogP contribution in [0.25, 0.3) is 10.8 Å². The molecule has 8 heteroatoms. The van der Waals surface area contributed by atoms with Gasteiger partial charge in [0.2, 0.25) is 0 Å². The summed E-state index contributed by atoms with van der Waals surface area (Å²) >= 11 is 5.78. The van der Waals surface area contributed by atoms with Gasteiger partial charge in [-0.3, -0.25) is 4.55 Å². The van der Waals surface area contributed by atoms with Crippen LogP contribution >= 0.6 is 11.6 Å². The fourth-order valence-corrected chi connectivity index (χ4v) is 2.98. The maximum absolute atomic E-state index is 11.6. The van der Waals surface area contributed by atoms with Gasteiger partial charge in [-0.05, 0) is 35.7 Å². The minimum absolute atomic E-state index is 0.328. The zero-order valence-electron chi connectivity index (χ0n) is 12.1. The van der Waals surface area contributed by atoms with Crippen LogP contribution in [-0.4, -0.2) is 18.1 Å². The molecule has 0 heterocycles. The summed E-state index contributed by atoms with van der Waals surface area (Å²) in [5.41, 5.74) is 0.0828. The Balaban J connectivity index is 2.21. The molecule has 24 heavy (non-hydrogen) atoms. The average Bonchev–Trinajstić information content (AvgIpc) is 2.54. The number of rotatable bonds is 3. The zero-order valence-corrected chi connectivity index (χ0v) is 13.7. The van der Waals surface area contributed by atoms with Gasteiger partial charge in [0.15, 0.2) is 5.75 Å². The first-order chi connectivity index (χ1) is 11.4. The van der Waals surface area contributed by atoms with Gasteiger partial charge in [-0.15, -0.1) is 5.11 Å². The van der Waals surface area contributed by atoms with Gasteiger partial charge in [-0.1, -0.05) is 35.9 Å². The molecule has 0 spiro atoms. The van der Waals surface area contributed by atoms with Gasteiger partial charge in [0.1, 0.15) is 10.6 Å². The number of nitrogens with zero attached hydrogens (tertiary/aromatic N) is 2. The molecular formula is C16H11ClN2O4S. The minimum Gasteiger partial charge on any atom is -0.505 e. The Bertz CT molecular complexity index is 1050. The lowest BCUT2D eigenvalue weighted by Gasteiger charge is -2.08. The summed E-state index contributed by atoms with van der Waals surface area (Å²) in [5.74, 6) is -0.376. The molecule has 0 fully saturated rings. The van der Waals surface area contributed by atoms with Gasteiger partial charge in [-0.2, -0.15) is 13.5 Å². The van der Waals surface area contributed by atoms with Crippen molar-refractivity contribution < 1.29 is 18.1 Å². The van der Waals surface area contributed by atoms with E-state index in [4.69, 9.17) is 11.6 Å². The molecule has 3 rings (SSSR count). The van der Waals surface area contributed by atoms with E-state index in [9.17, 15) is 18.1 Å². The first-order valence-electron chi connectivity index (χ1n) is 6.76. The van der Waals surface area contributed by atoms with Crippen molar-refractivity contribution in [1.29, 1.82) is 0 Å². The van der Waals surface area contributed by atoms with E-state index in [1.807, 2.05) is 0 Å². The largest absolute Gasteiger partial charge is 0.505 e. The van der Waals surface area contributed by atoms with Gasteiger partial charge in [0, 0.05) is 10.4 Å².